The van der Waals surface area contributed by atoms with Crippen LogP contribution in [0.3, 0.4) is 0 Å². The predicted molar refractivity (Wildman–Crippen MR) is 85.1 cm³/mol. The second-order valence-corrected chi connectivity index (χ2v) is 4.99. The first-order valence-corrected chi connectivity index (χ1v) is 6.50. The van der Waals surface area contributed by atoms with E-state index in [0.717, 1.165) is 16.3 Å². The lowest BCUT2D eigenvalue weighted by Gasteiger charge is -2.13. The fraction of sp³-hybridized carbons (Fsp3) is 0. The summed E-state index contributed by atoms with van der Waals surface area (Å²) in [6.45, 7) is 0. The zero-order chi connectivity index (χ0) is 13.7. The second-order valence-electron chi connectivity index (χ2n) is 4.99. The van der Waals surface area contributed by atoms with Crippen molar-refractivity contribution in [1.82, 2.24) is 0 Å². The van der Waals surface area contributed by atoms with Gasteiger partial charge in [0.2, 0.25) is 0 Å². The number of nitrogens with two attached hydrogens (primary N) is 2. The van der Waals surface area contributed by atoms with Gasteiger partial charge in [-0.1, -0.05) is 48.5 Å². The maximum Gasteiger partial charge on any atom is 0.150 e. The Balaban J connectivity index is 2.37. The normalized spacial score (nSPS) is 12.7. The van der Waals surface area contributed by atoms with Crippen molar-refractivity contribution >= 4 is 38.2 Å². The van der Waals surface area contributed by atoms with Crippen molar-refractivity contribution < 1.29 is 0 Å². The number of hydrogen-bond donors (Lipinski definition) is 2. The summed E-state index contributed by atoms with van der Waals surface area (Å²) in [5.74, 6) is 5.73. The molecule has 0 radical (unpaired) electrons. The zero-order valence-electron chi connectivity index (χ0n) is 10.8. The maximum atomic E-state index is 5.96. The lowest BCUT2D eigenvalue weighted by molar-refractivity contribution is 1.23. The van der Waals surface area contributed by atoms with Gasteiger partial charge in [0, 0.05) is 5.56 Å². The van der Waals surface area contributed by atoms with Crippen molar-refractivity contribution in [3.63, 3.8) is 0 Å². The van der Waals surface area contributed by atoms with Gasteiger partial charge in [-0.15, -0.1) is 0 Å². The molecular formula is C17H13N3. The molecule has 0 spiro atoms. The molecule has 0 saturated carbocycles. The van der Waals surface area contributed by atoms with Crippen molar-refractivity contribution in [3.05, 3.63) is 60.2 Å². The third-order valence-corrected chi connectivity index (χ3v) is 3.92. The molecule has 4 aromatic carbocycles. The van der Waals surface area contributed by atoms with Crippen LogP contribution >= 0.6 is 0 Å². The smallest absolute Gasteiger partial charge is 0.150 e. The third-order valence-electron chi connectivity index (χ3n) is 3.92. The van der Waals surface area contributed by atoms with Crippen LogP contribution < -0.4 is 11.6 Å². The molecule has 3 heteroatoms. The van der Waals surface area contributed by atoms with Crippen LogP contribution in [0.25, 0.3) is 32.3 Å². The van der Waals surface area contributed by atoms with Crippen LogP contribution in [0.1, 0.15) is 5.56 Å². The molecule has 0 aliphatic rings. The molecule has 0 heterocycles. The molecule has 0 amide bonds. The molecule has 4 rings (SSSR count). The molecule has 0 aliphatic carbocycles. The molecule has 20 heavy (non-hydrogen) atoms. The molecule has 3 nitrogen and oxygen atoms in total. The highest BCUT2D eigenvalue weighted by atomic mass is 15.2. The van der Waals surface area contributed by atoms with Gasteiger partial charge in [-0.2, -0.15) is 5.10 Å². The van der Waals surface area contributed by atoms with Crippen molar-refractivity contribution in [3.8, 4) is 0 Å². The van der Waals surface area contributed by atoms with Gasteiger partial charge in [-0.25, -0.2) is 0 Å². The van der Waals surface area contributed by atoms with Crippen LogP contribution in [0.2, 0.25) is 0 Å². The summed E-state index contributed by atoms with van der Waals surface area (Å²) >= 11 is 0. The average molecular weight is 259 g/mol. The lowest BCUT2D eigenvalue weighted by Crippen LogP contribution is -2.16. The van der Waals surface area contributed by atoms with Crippen LogP contribution in [0.4, 0.5) is 0 Å². The van der Waals surface area contributed by atoms with Gasteiger partial charge < -0.3 is 11.6 Å². The quantitative estimate of drug-likeness (QED) is 0.181. The number of rotatable bonds is 1. The van der Waals surface area contributed by atoms with Crippen molar-refractivity contribution in [2.75, 3.05) is 0 Å². The molecule has 4 aromatic rings. The fourth-order valence-corrected chi connectivity index (χ4v) is 3.04. The highest BCUT2D eigenvalue weighted by Crippen LogP contribution is 2.36. The zero-order valence-corrected chi connectivity index (χ0v) is 10.8. The highest BCUT2D eigenvalue weighted by Gasteiger charge is 2.12. The first kappa shape index (κ1) is 11.1. The number of nitrogens with zero attached hydrogens (tertiary/aromatic N) is 1. The summed E-state index contributed by atoms with van der Waals surface area (Å²) in [6.07, 6.45) is 0. The summed E-state index contributed by atoms with van der Waals surface area (Å²) in [6, 6.07) is 18.9. The summed E-state index contributed by atoms with van der Waals surface area (Å²) in [5, 5.41) is 10.9. The monoisotopic (exact) mass is 259 g/mol. The van der Waals surface area contributed by atoms with Gasteiger partial charge in [0.25, 0.3) is 0 Å². The van der Waals surface area contributed by atoms with Crippen molar-refractivity contribution in [2.45, 2.75) is 0 Å². The van der Waals surface area contributed by atoms with Gasteiger partial charge in [0.1, 0.15) is 0 Å². The van der Waals surface area contributed by atoms with Crippen molar-refractivity contribution in [1.29, 1.82) is 0 Å². The molecule has 0 atom stereocenters. The first-order chi connectivity index (χ1) is 9.79. The van der Waals surface area contributed by atoms with E-state index in [2.05, 4.69) is 53.6 Å². The van der Waals surface area contributed by atoms with E-state index >= 15 is 0 Å². The number of hydrogen-bond acceptors (Lipinski definition) is 2. The molecule has 0 saturated heterocycles. The Hall–Kier alpha value is -2.81. The summed E-state index contributed by atoms with van der Waals surface area (Å²) < 4.78 is 0. The van der Waals surface area contributed by atoms with E-state index in [0.29, 0.717) is 5.84 Å². The minimum absolute atomic E-state index is 0.365. The minimum Gasteiger partial charge on any atom is -0.382 e. The first-order valence-electron chi connectivity index (χ1n) is 6.50. The molecule has 0 aliphatic heterocycles. The number of amidine groups is 1. The molecule has 0 unspecified atom stereocenters. The van der Waals surface area contributed by atoms with E-state index in [1.807, 2.05) is 6.07 Å². The van der Waals surface area contributed by atoms with E-state index in [1.165, 1.54) is 21.5 Å². The second kappa shape index (κ2) is 3.84. The molecule has 96 valence electrons. The lowest BCUT2D eigenvalue weighted by atomic mass is 9.91. The van der Waals surface area contributed by atoms with Gasteiger partial charge in [0.05, 0.1) is 0 Å². The Morgan fingerprint density at radius 2 is 1.45 bits per heavy atom. The summed E-state index contributed by atoms with van der Waals surface area (Å²) in [4.78, 5) is 0. The number of hydrazone groups is 1. The highest BCUT2D eigenvalue weighted by molar-refractivity contribution is 6.27. The largest absolute Gasteiger partial charge is 0.382 e. The Morgan fingerprint density at radius 1 is 0.800 bits per heavy atom. The van der Waals surface area contributed by atoms with Gasteiger partial charge >= 0.3 is 0 Å². The molecule has 0 fully saturated rings. The van der Waals surface area contributed by atoms with E-state index in [1.54, 1.807) is 0 Å². The van der Waals surface area contributed by atoms with Crippen LogP contribution in [-0.4, -0.2) is 5.84 Å². The van der Waals surface area contributed by atoms with Crippen molar-refractivity contribution in [2.24, 2.45) is 16.7 Å². The van der Waals surface area contributed by atoms with E-state index in [-0.39, 0.29) is 0 Å². The average Bonchev–Trinajstić information content (AvgIpc) is 2.51. The summed E-state index contributed by atoms with van der Waals surface area (Å²) in [7, 11) is 0. The number of benzene rings is 4. The molecule has 0 bridgehead atoms. The van der Waals surface area contributed by atoms with Gasteiger partial charge in [0.15, 0.2) is 5.84 Å². The Labute approximate surface area is 115 Å². The SMILES string of the molecule is NN=C(N)c1cc2cccc3ccc4cccc1c4c32. The molecule has 0 aromatic heterocycles. The predicted octanol–water partition coefficient (Wildman–Crippen LogP) is 3.16. The molecular weight excluding hydrogens is 246 g/mol. The van der Waals surface area contributed by atoms with E-state index in [9.17, 15) is 0 Å². The summed E-state index contributed by atoms with van der Waals surface area (Å²) in [5.41, 5.74) is 6.86. The van der Waals surface area contributed by atoms with Crippen LogP contribution in [0.5, 0.6) is 0 Å². The van der Waals surface area contributed by atoms with E-state index < -0.39 is 0 Å². The topological polar surface area (TPSA) is 64.4 Å². The minimum atomic E-state index is 0.365. The molecule has 4 N–H and O–H groups in total. The maximum absolute atomic E-state index is 5.96. The van der Waals surface area contributed by atoms with Gasteiger partial charge in [-0.05, 0) is 38.4 Å². The van der Waals surface area contributed by atoms with Crippen LogP contribution in [0.15, 0.2) is 59.7 Å². The van der Waals surface area contributed by atoms with Crippen LogP contribution in [-0.2, 0) is 0 Å². The Bertz CT molecular complexity index is 970. The third kappa shape index (κ3) is 1.32. The fourth-order valence-electron chi connectivity index (χ4n) is 3.04. The van der Waals surface area contributed by atoms with Gasteiger partial charge in [-0.3, -0.25) is 0 Å². The standard InChI is InChI=1S/C17H13N3/c18-17(20-19)14-9-12-5-1-3-10-7-8-11-4-2-6-13(14)16(11)15(10)12/h1-9H,19H2,(H2,18,20). The Kier molecular flexibility index (Phi) is 2.12. The van der Waals surface area contributed by atoms with Crippen LogP contribution in [0, 0.1) is 0 Å². The van der Waals surface area contributed by atoms with E-state index in [4.69, 9.17) is 11.6 Å². The Morgan fingerprint density at radius 3 is 2.20 bits per heavy atom.